The Morgan fingerprint density at radius 3 is 2.26 bits per heavy atom. The summed E-state index contributed by atoms with van der Waals surface area (Å²) in [5, 5.41) is 4.30. The number of carbonyl (C=O) groups excluding carboxylic acids is 1. The van der Waals surface area contributed by atoms with E-state index >= 15 is 0 Å². The summed E-state index contributed by atoms with van der Waals surface area (Å²) in [4.78, 5) is 17.1. The predicted octanol–water partition coefficient (Wildman–Crippen LogP) is 5.36. The zero-order valence-corrected chi connectivity index (χ0v) is 23.1. The summed E-state index contributed by atoms with van der Waals surface area (Å²) in [6.07, 6.45) is 2.40. The SMILES string of the molecule is COC(=O)c1cn(C)nc1OCc1c(C)nc(CC(C)(C)C)c(CN)c1-c1ccc(C)cc1.Cl.Cl. The van der Waals surface area contributed by atoms with E-state index in [0.29, 0.717) is 6.54 Å². The van der Waals surface area contributed by atoms with Gasteiger partial charge in [-0.1, -0.05) is 50.6 Å². The molecule has 0 spiro atoms. The van der Waals surface area contributed by atoms with Crippen molar-refractivity contribution in [2.45, 2.75) is 54.2 Å². The summed E-state index contributed by atoms with van der Waals surface area (Å²) in [7, 11) is 3.07. The normalized spacial score (nSPS) is 10.9. The van der Waals surface area contributed by atoms with Crippen LogP contribution < -0.4 is 10.5 Å². The minimum atomic E-state index is -0.491. The minimum Gasteiger partial charge on any atom is -0.471 e. The molecular weight excluding hydrogens is 487 g/mol. The first-order valence-electron chi connectivity index (χ1n) is 11.1. The van der Waals surface area contributed by atoms with Gasteiger partial charge in [0.25, 0.3) is 0 Å². The van der Waals surface area contributed by atoms with Crippen LogP contribution in [0.15, 0.2) is 30.5 Å². The molecule has 2 N–H and O–H groups in total. The lowest BCUT2D eigenvalue weighted by atomic mass is 9.85. The third-order valence-corrected chi connectivity index (χ3v) is 5.49. The minimum absolute atomic E-state index is 0. The molecule has 0 fully saturated rings. The van der Waals surface area contributed by atoms with E-state index < -0.39 is 5.97 Å². The second-order valence-corrected chi connectivity index (χ2v) is 9.59. The summed E-state index contributed by atoms with van der Waals surface area (Å²) in [6.45, 7) is 11.2. The maximum atomic E-state index is 12.1. The number of carbonyl (C=O) groups is 1. The zero-order chi connectivity index (χ0) is 24.3. The first-order valence-corrected chi connectivity index (χ1v) is 11.1. The third-order valence-electron chi connectivity index (χ3n) is 5.49. The third kappa shape index (κ3) is 7.19. The smallest absolute Gasteiger partial charge is 0.345 e. The molecule has 192 valence electrons. The van der Waals surface area contributed by atoms with Gasteiger partial charge in [0.2, 0.25) is 5.88 Å². The lowest BCUT2D eigenvalue weighted by molar-refractivity contribution is 0.0595. The van der Waals surface area contributed by atoms with Crippen LogP contribution in [-0.4, -0.2) is 27.8 Å². The fraction of sp³-hybridized carbons (Fsp3) is 0.423. The molecule has 35 heavy (non-hydrogen) atoms. The van der Waals surface area contributed by atoms with E-state index in [9.17, 15) is 4.79 Å². The molecule has 0 aliphatic carbocycles. The number of aryl methyl sites for hydroxylation is 3. The zero-order valence-electron chi connectivity index (χ0n) is 21.5. The molecule has 3 aromatic rings. The second kappa shape index (κ2) is 12.4. The number of hydrogen-bond donors (Lipinski definition) is 1. The van der Waals surface area contributed by atoms with Crippen molar-refractivity contribution >= 4 is 30.8 Å². The molecule has 0 atom stereocenters. The average Bonchev–Trinajstić information content (AvgIpc) is 3.12. The Morgan fingerprint density at radius 1 is 1.09 bits per heavy atom. The molecule has 0 radical (unpaired) electrons. The van der Waals surface area contributed by atoms with E-state index in [-0.39, 0.29) is 48.3 Å². The van der Waals surface area contributed by atoms with Crippen LogP contribution in [0.1, 0.15) is 59.2 Å². The number of nitrogens with zero attached hydrogens (tertiary/aromatic N) is 3. The maximum Gasteiger partial charge on any atom is 0.345 e. The lowest BCUT2D eigenvalue weighted by Crippen LogP contribution is -2.18. The molecule has 9 heteroatoms. The molecule has 2 aromatic heterocycles. The van der Waals surface area contributed by atoms with Crippen molar-refractivity contribution < 1.29 is 14.3 Å². The van der Waals surface area contributed by atoms with Gasteiger partial charge in [-0.05, 0) is 42.4 Å². The number of nitrogens with two attached hydrogens (primary N) is 1. The Morgan fingerprint density at radius 2 is 1.71 bits per heavy atom. The molecule has 0 aliphatic rings. The van der Waals surface area contributed by atoms with Crippen LogP contribution in [0.3, 0.4) is 0 Å². The van der Waals surface area contributed by atoms with Crippen LogP contribution in [-0.2, 0) is 31.4 Å². The number of ether oxygens (including phenoxy) is 2. The highest BCUT2D eigenvalue weighted by atomic mass is 35.5. The molecule has 3 rings (SSSR count). The van der Waals surface area contributed by atoms with Crippen LogP contribution in [0.4, 0.5) is 0 Å². The van der Waals surface area contributed by atoms with Gasteiger partial charge in [0, 0.05) is 36.7 Å². The Kier molecular flexibility index (Phi) is 10.8. The Bertz CT molecular complexity index is 1150. The van der Waals surface area contributed by atoms with Crippen molar-refractivity contribution in [2.24, 2.45) is 18.2 Å². The number of halogens is 2. The molecule has 0 unspecified atom stereocenters. The van der Waals surface area contributed by atoms with Gasteiger partial charge < -0.3 is 15.2 Å². The van der Waals surface area contributed by atoms with Gasteiger partial charge in [-0.2, -0.15) is 0 Å². The largest absolute Gasteiger partial charge is 0.471 e. The van der Waals surface area contributed by atoms with Gasteiger partial charge in [-0.15, -0.1) is 29.9 Å². The Balaban J connectivity index is 0.00000306. The quantitative estimate of drug-likeness (QED) is 0.420. The molecule has 0 bridgehead atoms. The van der Waals surface area contributed by atoms with Crippen molar-refractivity contribution in [1.29, 1.82) is 0 Å². The predicted molar refractivity (Wildman–Crippen MR) is 144 cm³/mol. The van der Waals surface area contributed by atoms with E-state index in [4.69, 9.17) is 20.2 Å². The number of rotatable bonds is 7. The Hall–Kier alpha value is -2.61. The summed E-state index contributed by atoms with van der Waals surface area (Å²) >= 11 is 0. The highest BCUT2D eigenvalue weighted by molar-refractivity contribution is 5.91. The summed E-state index contributed by atoms with van der Waals surface area (Å²) in [5.74, 6) is -0.262. The molecule has 0 amide bonds. The second-order valence-electron chi connectivity index (χ2n) is 9.59. The number of pyridine rings is 1. The molecular formula is C26H36Cl2N4O3. The van der Waals surface area contributed by atoms with Crippen molar-refractivity contribution in [3.05, 3.63) is 64.1 Å². The maximum absolute atomic E-state index is 12.1. The molecule has 0 aliphatic heterocycles. The van der Waals surface area contributed by atoms with E-state index in [0.717, 1.165) is 40.1 Å². The van der Waals surface area contributed by atoms with Crippen LogP contribution in [0.5, 0.6) is 5.88 Å². The van der Waals surface area contributed by atoms with E-state index in [1.165, 1.54) is 17.4 Å². The standard InChI is InChI=1S/C26H34N4O3.2ClH/c1-16-8-10-18(11-9-16)23-19(13-27)22(12-26(3,4)5)28-17(2)21(23)15-33-24-20(25(31)32-7)14-30(6)29-24;;/h8-11,14H,12-13,15,27H2,1-7H3;2*1H. The fourth-order valence-corrected chi connectivity index (χ4v) is 3.92. The van der Waals surface area contributed by atoms with Crippen molar-refractivity contribution in [2.75, 3.05) is 7.11 Å². The van der Waals surface area contributed by atoms with Crippen LogP contribution >= 0.6 is 24.8 Å². The average molecular weight is 524 g/mol. The number of hydrogen-bond acceptors (Lipinski definition) is 6. The number of aromatic nitrogens is 3. The molecule has 0 saturated carbocycles. The fourth-order valence-electron chi connectivity index (χ4n) is 3.92. The van der Waals surface area contributed by atoms with E-state index in [2.05, 4.69) is 57.1 Å². The number of benzene rings is 1. The van der Waals surface area contributed by atoms with Crippen LogP contribution in [0, 0.1) is 19.3 Å². The van der Waals surface area contributed by atoms with Crippen molar-refractivity contribution in [3.8, 4) is 17.0 Å². The molecule has 0 saturated heterocycles. The summed E-state index contributed by atoms with van der Waals surface area (Å²) in [6, 6.07) is 8.39. The van der Waals surface area contributed by atoms with Crippen LogP contribution in [0.25, 0.3) is 11.1 Å². The van der Waals surface area contributed by atoms with Gasteiger partial charge in [0.05, 0.1) is 7.11 Å². The lowest BCUT2D eigenvalue weighted by Gasteiger charge is -2.24. The molecule has 2 heterocycles. The number of esters is 1. The first-order chi connectivity index (χ1) is 15.5. The van der Waals surface area contributed by atoms with E-state index in [1.807, 2.05) is 6.92 Å². The molecule has 7 nitrogen and oxygen atoms in total. The Labute approximate surface area is 220 Å². The number of methoxy groups -OCH3 is 1. The topological polar surface area (TPSA) is 92.3 Å². The van der Waals surface area contributed by atoms with Gasteiger partial charge in [0.1, 0.15) is 12.2 Å². The van der Waals surface area contributed by atoms with E-state index in [1.54, 1.807) is 13.2 Å². The van der Waals surface area contributed by atoms with Gasteiger partial charge in [-0.25, -0.2) is 4.79 Å². The first kappa shape index (κ1) is 30.4. The van der Waals surface area contributed by atoms with Crippen molar-refractivity contribution in [1.82, 2.24) is 14.8 Å². The molecule has 1 aromatic carbocycles. The highest BCUT2D eigenvalue weighted by Crippen LogP contribution is 2.35. The summed E-state index contributed by atoms with van der Waals surface area (Å²) in [5.41, 5.74) is 13.8. The van der Waals surface area contributed by atoms with Crippen LogP contribution in [0.2, 0.25) is 0 Å². The monoisotopic (exact) mass is 522 g/mol. The van der Waals surface area contributed by atoms with Gasteiger partial charge in [-0.3, -0.25) is 9.67 Å². The highest BCUT2D eigenvalue weighted by Gasteiger charge is 2.24. The van der Waals surface area contributed by atoms with Crippen molar-refractivity contribution in [3.63, 3.8) is 0 Å². The summed E-state index contributed by atoms with van der Waals surface area (Å²) < 4.78 is 12.5. The van der Waals surface area contributed by atoms with Gasteiger partial charge in [0.15, 0.2) is 0 Å². The van der Waals surface area contributed by atoms with Gasteiger partial charge >= 0.3 is 5.97 Å².